The van der Waals surface area contributed by atoms with E-state index in [0.29, 0.717) is 47.0 Å². The van der Waals surface area contributed by atoms with Gasteiger partial charge in [0.1, 0.15) is 11.4 Å². The standard InChI is InChI=1S/C36H41FN4O6/c1-35(2,3)47-34(44)41-25-7-6-24(16-25)31(41)30(42)15-21(18-38)14-22-4-5-23(17-28(22)37)29-9-8-27-32(39-29)36(46-33(27)43)10-12-40(13-11-36)26-19-45-20-26/h4-5,8-9,17,21,24-26,31H,6-7,10-16,19-20H2,1-3H3/t21-,24+,25-,31+/m1/s1. The fourth-order valence-corrected chi connectivity index (χ4v) is 8.08. The van der Waals surface area contributed by atoms with Gasteiger partial charge in [0.05, 0.1) is 54.2 Å². The highest BCUT2D eigenvalue weighted by Gasteiger charge is 2.53. The molecule has 4 fully saturated rings. The average Bonchev–Trinajstić information content (AvgIpc) is 3.69. The third-order valence-electron chi connectivity index (χ3n) is 10.5. The van der Waals surface area contributed by atoms with Gasteiger partial charge in [-0.2, -0.15) is 5.26 Å². The molecule has 47 heavy (non-hydrogen) atoms. The highest BCUT2D eigenvalue weighted by atomic mass is 19.1. The van der Waals surface area contributed by atoms with E-state index in [1.54, 1.807) is 49.9 Å². The number of rotatable bonds is 7. The molecule has 4 atom stereocenters. The van der Waals surface area contributed by atoms with Crippen LogP contribution in [0.4, 0.5) is 9.18 Å². The predicted molar refractivity (Wildman–Crippen MR) is 168 cm³/mol. The Morgan fingerprint density at radius 2 is 1.91 bits per heavy atom. The number of piperidine rings is 2. The van der Waals surface area contributed by atoms with E-state index >= 15 is 4.39 Å². The molecule has 1 aliphatic carbocycles. The van der Waals surface area contributed by atoms with Crippen molar-refractivity contribution in [1.29, 1.82) is 5.26 Å². The molecule has 11 heteroatoms. The number of benzene rings is 1. The van der Waals surface area contributed by atoms with Crippen molar-refractivity contribution in [2.45, 2.75) is 95.0 Å². The summed E-state index contributed by atoms with van der Waals surface area (Å²) in [6.45, 7) is 8.40. The number of ether oxygens (including phenoxy) is 3. The predicted octanol–water partition coefficient (Wildman–Crippen LogP) is 5.18. The number of nitrogens with zero attached hydrogens (tertiary/aromatic N) is 4. The van der Waals surface area contributed by atoms with Crippen molar-refractivity contribution in [3.05, 3.63) is 53.0 Å². The van der Waals surface area contributed by atoms with E-state index in [1.165, 1.54) is 6.07 Å². The zero-order valence-corrected chi connectivity index (χ0v) is 27.2. The van der Waals surface area contributed by atoms with Crippen molar-refractivity contribution in [3.63, 3.8) is 0 Å². The van der Waals surface area contributed by atoms with Gasteiger partial charge in [0.15, 0.2) is 11.4 Å². The SMILES string of the molecule is CC(C)(C)OC(=O)N1[C@@H]2CC[C@@H](C2)[C@H]1C(=O)C[C@H](C#N)Cc1ccc(-c2ccc3c(n2)C2(CCN(C4COC4)CC2)OC3=O)cc1F. The van der Waals surface area contributed by atoms with E-state index in [2.05, 4.69) is 11.0 Å². The van der Waals surface area contributed by atoms with Crippen molar-refractivity contribution >= 4 is 17.8 Å². The molecule has 1 aromatic heterocycles. The van der Waals surface area contributed by atoms with Crippen LogP contribution in [0.2, 0.25) is 0 Å². The number of ketones is 1. The number of carbonyl (C=O) groups excluding carboxylic acids is 3. The summed E-state index contributed by atoms with van der Waals surface area (Å²) in [5.41, 5.74) is 1.00. The quantitative estimate of drug-likeness (QED) is 0.376. The summed E-state index contributed by atoms with van der Waals surface area (Å²) >= 11 is 0. The number of hydrogen-bond donors (Lipinski definition) is 0. The first-order valence-electron chi connectivity index (χ1n) is 16.7. The van der Waals surface area contributed by atoms with Gasteiger partial charge < -0.3 is 14.2 Å². The number of pyridine rings is 1. The second-order valence-corrected chi connectivity index (χ2v) is 14.8. The molecule has 1 saturated carbocycles. The zero-order chi connectivity index (χ0) is 33.1. The lowest BCUT2D eigenvalue weighted by atomic mass is 9.86. The van der Waals surface area contributed by atoms with Gasteiger partial charge in [-0.25, -0.2) is 19.0 Å². The summed E-state index contributed by atoms with van der Waals surface area (Å²) in [5, 5.41) is 9.97. The van der Waals surface area contributed by atoms with Crippen molar-refractivity contribution in [2.75, 3.05) is 26.3 Å². The second-order valence-electron chi connectivity index (χ2n) is 14.8. The van der Waals surface area contributed by atoms with E-state index in [1.807, 2.05) is 0 Å². The van der Waals surface area contributed by atoms with Gasteiger partial charge in [0, 0.05) is 44.0 Å². The Morgan fingerprint density at radius 3 is 2.57 bits per heavy atom. The maximum absolute atomic E-state index is 15.6. The van der Waals surface area contributed by atoms with Crippen LogP contribution in [-0.4, -0.2) is 82.7 Å². The maximum atomic E-state index is 15.6. The Kier molecular flexibility index (Phi) is 8.08. The van der Waals surface area contributed by atoms with E-state index in [-0.39, 0.29) is 36.6 Å². The van der Waals surface area contributed by atoms with Crippen LogP contribution >= 0.6 is 0 Å². The average molecular weight is 645 g/mol. The molecular formula is C36H41FN4O6. The minimum absolute atomic E-state index is 0.0306. The molecule has 5 aliphatic rings. The third kappa shape index (κ3) is 5.91. The summed E-state index contributed by atoms with van der Waals surface area (Å²) in [4.78, 5) is 48.2. The molecule has 0 unspecified atom stereocenters. The molecule has 2 aromatic rings. The van der Waals surface area contributed by atoms with Gasteiger partial charge in [-0.15, -0.1) is 0 Å². The van der Waals surface area contributed by atoms with Crippen molar-refractivity contribution in [2.24, 2.45) is 11.8 Å². The monoisotopic (exact) mass is 644 g/mol. The fraction of sp³-hybridized carbons (Fsp3) is 0.583. The number of halogens is 1. The molecule has 10 nitrogen and oxygen atoms in total. The molecule has 1 amide bonds. The molecule has 7 rings (SSSR count). The smallest absolute Gasteiger partial charge is 0.411 e. The van der Waals surface area contributed by atoms with Gasteiger partial charge in [0.2, 0.25) is 0 Å². The molecule has 5 heterocycles. The molecule has 248 valence electrons. The Hall–Kier alpha value is -3.88. The normalized spacial score (nSPS) is 25.6. The lowest BCUT2D eigenvalue weighted by molar-refractivity contribution is -0.126. The van der Waals surface area contributed by atoms with Crippen LogP contribution < -0.4 is 0 Å². The summed E-state index contributed by atoms with van der Waals surface area (Å²) in [5.74, 6) is -1.74. The first-order chi connectivity index (χ1) is 22.4. The Labute approximate surface area is 274 Å². The number of carbonyl (C=O) groups is 3. The summed E-state index contributed by atoms with van der Waals surface area (Å²) in [6, 6.07) is 10.2. The first-order valence-corrected chi connectivity index (χ1v) is 16.7. The number of fused-ring (bicyclic) bond motifs is 4. The number of likely N-dealkylation sites (tertiary alicyclic amines) is 2. The fourth-order valence-electron chi connectivity index (χ4n) is 8.08. The van der Waals surface area contributed by atoms with Crippen molar-refractivity contribution < 1.29 is 33.0 Å². The Balaban J connectivity index is 1.04. The van der Waals surface area contributed by atoms with Crippen LogP contribution in [-0.2, 0) is 31.0 Å². The van der Waals surface area contributed by atoms with E-state index in [4.69, 9.17) is 19.2 Å². The topological polar surface area (TPSA) is 122 Å². The zero-order valence-electron chi connectivity index (χ0n) is 27.2. The van der Waals surface area contributed by atoms with Gasteiger partial charge in [-0.05, 0) is 76.1 Å². The first kappa shape index (κ1) is 31.7. The highest BCUT2D eigenvalue weighted by molar-refractivity contribution is 5.94. The molecular weight excluding hydrogens is 603 g/mol. The Bertz CT molecular complexity index is 1640. The third-order valence-corrected chi connectivity index (χ3v) is 10.5. The number of nitriles is 1. The number of esters is 1. The van der Waals surface area contributed by atoms with E-state index < -0.39 is 35.1 Å². The van der Waals surface area contributed by atoms with Crippen LogP contribution in [0, 0.1) is 29.0 Å². The molecule has 4 aliphatic heterocycles. The number of hydrogen-bond acceptors (Lipinski definition) is 9. The van der Waals surface area contributed by atoms with Crippen LogP contribution in [0.5, 0.6) is 0 Å². The summed E-state index contributed by atoms with van der Waals surface area (Å²) in [7, 11) is 0. The van der Waals surface area contributed by atoms with Gasteiger partial charge in [0.25, 0.3) is 0 Å². The van der Waals surface area contributed by atoms with E-state index in [0.717, 1.165) is 45.6 Å². The summed E-state index contributed by atoms with van der Waals surface area (Å²) < 4.78 is 32.5. The Morgan fingerprint density at radius 1 is 1.15 bits per heavy atom. The van der Waals surface area contributed by atoms with Crippen LogP contribution in [0.1, 0.15) is 80.9 Å². The lowest BCUT2D eigenvalue weighted by Crippen LogP contribution is -2.54. The van der Waals surface area contributed by atoms with Gasteiger partial charge >= 0.3 is 12.1 Å². The van der Waals surface area contributed by atoms with Crippen molar-refractivity contribution in [1.82, 2.24) is 14.8 Å². The molecule has 1 spiro atoms. The number of Topliss-reactive ketones (excluding diaryl/α,β-unsaturated/α-hetero) is 1. The summed E-state index contributed by atoms with van der Waals surface area (Å²) in [6.07, 6.45) is 3.23. The minimum Gasteiger partial charge on any atom is -0.449 e. The molecule has 1 aromatic carbocycles. The van der Waals surface area contributed by atoms with Gasteiger partial charge in [-0.1, -0.05) is 12.1 Å². The molecule has 0 radical (unpaired) electrons. The second kappa shape index (κ2) is 12.0. The maximum Gasteiger partial charge on any atom is 0.411 e. The highest BCUT2D eigenvalue weighted by Crippen LogP contribution is 2.45. The molecule has 3 saturated heterocycles. The lowest BCUT2D eigenvalue weighted by Gasteiger charge is -2.44. The number of aromatic nitrogens is 1. The molecule has 2 bridgehead atoms. The van der Waals surface area contributed by atoms with Crippen LogP contribution in [0.3, 0.4) is 0 Å². The van der Waals surface area contributed by atoms with Crippen LogP contribution in [0.15, 0.2) is 30.3 Å². The van der Waals surface area contributed by atoms with Gasteiger partial charge in [-0.3, -0.25) is 14.6 Å². The molecule has 0 N–H and O–H groups in total. The van der Waals surface area contributed by atoms with Crippen molar-refractivity contribution in [3.8, 4) is 17.3 Å². The number of amides is 1. The minimum atomic E-state index is -0.785. The van der Waals surface area contributed by atoms with Crippen LogP contribution in [0.25, 0.3) is 11.3 Å². The largest absolute Gasteiger partial charge is 0.449 e. The van der Waals surface area contributed by atoms with E-state index in [9.17, 15) is 19.6 Å².